The highest BCUT2D eigenvalue weighted by atomic mass is 15.1. The largest absolute Gasteiger partial charge is 0.309 e. The van der Waals surface area contributed by atoms with Crippen LogP contribution in [-0.2, 0) is 0 Å². The lowest BCUT2D eigenvalue weighted by Crippen LogP contribution is -2.36. The van der Waals surface area contributed by atoms with E-state index in [2.05, 4.69) is 61.3 Å². The molecule has 1 N–H and O–H groups in total. The third kappa shape index (κ3) is 6.22. The van der Waals surface area contributed by atoms with E-state index < -0.39 is 0 Å². The van der Waals surface area contributed by atoms with E-state index in [0.717, 1.165) is 19.6 Å². The molecule has 0 saturated heterocycles. The summed E-state index contributed by atoms with van der Waals surface area (Å²) in [5, 5.41) is 3.69. The molecule has 0 saturated carbocycles. The van der Waals surface area contributed by atoms with Crippen molar-refractivity contribution < 1.29 is 0 Å². The lowest BCUT2D eigenvalue weighted by Gasteiger charge is -2.27. The normalized spacial score (nSPS) is 12.8. The van der Waals surface area contributed by atoms with E-state index in [1.54, 1.807) is 0 Å². The van der Waals surface area contributed by atoms with Gasteiger partial charge in [0.25, 0.3) is 0 Å². The lowest BCUT2D eigenvalue weighted by molar-refractivity contribution is 0.250. The highest BCUT2D eigenvalue weighted by molar-refractivity contribution is 5.19. The van der Waals surface area contributed by atoms with Gasteiger partial charge in [-0.25, -0.2) is 0 Å². The van der Waals surface area contributed by atoms with Crippen molar-refractivity contribution in [3.63, 3.8) is 0 Å². The average molecular weight is 262 g/mol. The quantitative estimate of drug-likeness (QED) is 0.689. The zero-order valence-electron chi connectivity index (χ0n) is 12.9. The van der Waals surface area contributed by atoms with Gasteiger partial charge in [0.1, 0.15) is 0 Å². The van der Waals surface area contributed by atoms with Crippen LogP contribution >= 0.6 is 0 Å². The number of unbranched alkanes of at least 4 members (excludes halogenated alkanes) is 1. The molecule has 19 heavy (non-hydrogen) atoms. The van der Waals surface area contributed by atoms with Gasteiger partial charge in [0.15, 0.2) is 0 Å². The smallest absolute Gasteiger partial charge is 0.0449 e. The number of hydrogen-bond acceptors (Lipinski definition) is 2. The monoisotopic (exact) mass is 262 g/mol. The van der Waals surface area contributed by atoms with Gasteiger partial charge in [-0.3, -0.25) is 0 Å². The predicted octanol–water partition coefficient (Wildman–Crippen LogP) is 3.85. The SMILES string of the molecule is CCCCN(CC)CC(NCCC)c1ccccc1. The molecular formula is C17H30N2. The molecule has 0 fully saturated rings. The molecule has 108 valence electrons. The molecule has 0 aliphatic heterocycles. The van der Waals surface area contributed by atoms with Crippen LogP contribution in [0, 0.1) is 0 Å². The van der Waals surface area contributed by atoms with Crippen molar-refractivity contribution in [2.75, 3.05) is 26.2 Å². The first-order valence-electron chi connectivity index (χ1n) is 7.82. The fraction of sp³-hybridized carbons (Fsp3) is 0.647. The van der Waals surface area contributed by atoms with E-state index in [9.17, 15) is 0 Å². The Kier molecular flexibility index (Phi) is 8.52. The molecule has 0 aromatic heterocycles. The molecule has 1 rings (SSSR count). The Balaban J connectivity index is 2.62. The Labute approximate surface area is 119 Å². The van der Waals surface area contributed by atoms with Crippen molar-refractivity contribution >= 4 is 0 Å². The van der Waals surface area contributed by atoms with Gasteiger partial charge in [-0.05, 0) is 38.0 Å². The van der Waals surface area contributed by atoms with Crippen LogP contribution in [0.1, 0.15) is 51.6 Å². The molecule has 0 bridgehead atoms. The molecule has 1 atom stereocenters. The fourth-order valence-corrected chi connectivity index (χ4v) is 2.31. The van der Waals surface area contributed by atoms with Gasteiger partial charge in [-0.1, -0.05) is 57.5 Å². The summed E-state index contributed by atoms with van der Waals surface area (Å²) in [7, 11) is 0. The first-order chi connectivity index (χ1) is 9.31. The van der Waals surface area contributed by atoms with E-state index in [1.165, 1.54) is 31.4 Å². The third-order valence-corrected chi connectivity index (χ3v) is 3.56. The van der Waals surface area contributed by atoms with Gasteiger partial charge in [-0.15, -0.1) is 0 Å². The van der Waals surface area contributed by atoms with Crippen LogP contribution < -0.4 is 5.32 Å². The summed E-state index contributed by atoms with van der Waals surface area (Å²) in [6, 6.07) is 11.3. The van der Waals surface area contributed by atoms with Gasteiger partial charge in [0.05, 0.1) is 0 Å². The van der Waals surface area contributed by atoms with Gasteiger partial charge in [0, 0.05) is 12.6 Å². The first kappa shape index (κ1) is 16.2. The zero-order chi connectivity index (χ0) is 13.9. The molecule has 2 nitrogen and oxygen atoms in total. The Morgan fingerprint density at radius 2 is 1.79 bits per heavy atom. The van der Waals surface area contributed by atoms with Crippen LogP contribution in [0.25, 0.3) is 0 Å². The minimum atomic E-state index is 0.456. The van der Waals surface area contributed by atoms with E-state index in [1.807, 2.05) is 0 Å². The molecule has 0 radical (unpaired) electrons. The molecule has 2 heteroatoms. The van der Waals surface area contributed by atoms with Crippen LogP contribution in [0.5, 0.6) is 0 Å². The number of likely N-dealkylation sites (N-methyl/N-ethyl adjacent to an activating group) is 1. The Morgan fingerprint density at radius 3 is 2.37 bits per heavy atom. The van der Waals surface area contributed by atoms with Gasteiger partial charge in [0.2, 0.25) is 0 Å². The fourth-order valence-electron chi connectivity index (χ4n) is 2.31. The molecule has 1 aromatic carbocycles. The lowest BCUT2D eigenvalue weighted by atomic mass is 10.1. The minimum Gasteiger partial charge on any atom is -0.309 e. The third-order valence-electron chi connectivity index (χ3n) is 3.56. The van der Waals surface area contributed by atoms with Crippen LogP contribution in [0.3, 0.4) is 0 Å². The second-order valence-electron chi connectivity index (χ2n) is 5.16. The maximum atomic E-state index is 3.69. The summed E-state index contributed by atoms with van der Waals surface area (Å²) in [4.78, 5) is 2.56. The topological polar surface area (TPSA) is 15.3 Å². The maximum absolute atomic E-state index is 3.69. The van der Waals surface area contributed by atoms with Crippen LogP contribution in [0.15, 0.2) is 30.3 Å². The van der Waals surface area contributed by atoms with Crippen molar-refractivity contribution in [1.29, 1.82) is 0 Å². The molecule has 1 unspecified atom stereocenters. The zero-order valence-corrected chi connectivity index (χ0v) is 12.9. The molecule has 0 aliphatic rings. The number of rotatable bonds is 10. The summed E-state index contributed by atoms with van der Waals surface area (Å²) in [6.07, 6.45) is 3.75. The van der Waals surface area contributed by atoms with Gasteiger partial charge in [-0.2, -0.15) is 0 Å². The predicted molar refractivity (Wildman–Crippen MR) is 84.5 cm³/mol. The average Bonchev–Trinajstić information content (AvgIpc) is 2.47. The van der Waals surface area contributed by atoms with E-state index in [-0.39, 0.29) is 0 Å². The first-order valence-corrected chi connectivity index (χ1v) is 7.82. The highest BCUT2D eigenvalue weighted by Gasteiger charge is 2.13. The van der Waals surface area contributed by atoms with Crippen molar-refractivity contribution in [2.24, 2.45) is 0 Å². The summed E-state index contributed by atoms with van der Waals surface area (Å²) in [5.74, 6) is 0. The molecule has 0 spiro atoms. The van der Waals surface area contributed by atoms with Crippen molar-refractivity contribution in [3.8, 4) is 0 Å². The van der Waals surface area contributed by atoms with E-state index in [0.29, 0.717) is 6.04 Å². The number of nitrogens with one attached hydrogen (secondary N) is 1. The Hall–Kier alpha value is -0.860. The summed E-state index contributed by atoms with van der Waals surface area (Å²) in [6.45, 7) is 11.3. The van der Waals surface area contributed by atoms with Crippen LogP contribution in [0.2, 0.25) is 0 Å². The number of nitrogens with zero attached hydrogens (tertiary/aromatic N) is 1. The van der Waals surface area contributed by atoms with Crippen molar-refractivity contribution in [2.45, 2.75) is 46.1 Å². The molecule has 0 amide bonds. The minimum absolute atomic E-state index is 0.456. The molecular weight excluding hydrogens is 232 g/mol. The van der Waals surface area contributed by atoms with Crippen molar-refractivity contribution in [3.05, 3.63) is 35.9 Å². The summed E-state index contributed by atoms with van der Waals surface area (Å²) >= 11 is 0. The van der Waals surface area contributed by atoms with E-state index >= 15 is 0 Å². The summed E-state index contributed by atoms with van der Waals surface area (Å²) < 4.78 is 0. The maximum Gasteiger partial charge on any atom is 0.0449 e. The van der Waals surface area contributed by atoms with Gasteiger partial charge < -0.3 is 10.2 Å². The summed E-state index contributed by atoms with van der Waals surface area (Å²) in [5.41, 5.74) is 1.41. The van der Waals surface area contributed by atoms with Crippen LogP contribution in [-0.4, -0.2) is 31.1 Å². The second-order valence-corrected chi connectivity index (χ2v) is 5.16. The van der Waals surface area contributed by atoms with Gasteiger partial charge >= 0.3 is 0 Å². The Bertz CT molecular complexity index is 310. The standard InChI is InChI=1S/C17H30N2/c1-4-7-14-19(6-3)15-17(18-13-5-2)16-11-9-8-10-12-16/h8-12,17-18H,4-7,13-15H2,1-3H3. The molecule has 1 aromatic rings. The number of benzene rings is 1. The van der Waals surface area contributed by atoms with E-state index in [4.69, 9.17) is 0 Å². The van der Waals surface area contributed by atoms with Crippen LogP contribution in [0.4, 0.5) is 0 Å². The second kappa shape index (κ2) is 9.99. The molecule has 0 aliphatic carbocycles. The number of hydrogen-bond donors (Lipinski definition) is 1. The molecule has 0 heterocycles. The van der Waals surface area contributed by atoms with Crippen molar-refractivity contribution in [1.82, 2.24) is 10.2 Å². The Morgan fingerprint density at radius 1 is 1.05 bits per heavy atom. The highest BCUT2D eigenvalue weighted by Crippen LogP contribution is 2.14.